The first-order valence-electron chi connectivity index (χ1n) is 10.4. The molecule has 216 valence electrons. The molecule has 4 heterocycles. The Labute approximate surface area is 254 Å². The van der Waals surface area contributed by atoms with Gasteiger partial charge in [-0.05, 0) is 24.3 Å². The van der Waals surface area contributed by atoms with Gasteiger partial charge in [-0.3, -0.25) is 0 Å². The largest absolute Gasteiger partial charge is 1.00 e. The van der Waals surface area contributed by atoms with E-state index >= 15 is 0 Å². The molecule has 0 saturated heterocycles. The number of benzene rings is 2. The van der Waals surface area contributed by atoms with Crippen LogP contribution in [-0.2, 0) is 57.9 Å². The second kappa shape index (κ2) is 17.2. The molecule has 0 amide bonds. The molecule has 4 aromatic heterocycles. The van der Waals surface area contributed by atoms with E-state index < -0.39 is 10.2 Å². The van der Waals surface area contributed by atoms with Gasteiger partial charge >= 0.3 is 44.8 Å². The number of imidazole rings is 2. The van der Waals surface area contributed by atoms with Crippen LogP contribution in [0, 0.1) is 30.6 Å². The van der Waals surface area contributed by atoms with E-state index in [4.69, 9.17) is 30.6 Å². The third-order valence-electron chi connectivity index (χ3n) is 4.43. The average molecular weight is 738 g/mol. The van der Waals surface area contributed by atoms with Gasteiger partial charge in [-0.25, -0.2) is 29.3 Å². The fourth-order valence-electron chi connectivity index (χ4n) is 3.10. The summed E-state index contributed by atoms with van der Waals surface area (Å²) >= 11 is 0. The third kappa shape index (κ3) is 11.5. The topological polar surface area (TPSA) is 251 Å². The summed E-state index contributed by atoms with van der Waals surface area (Å²) in [6.45, 7) is 1.24. The van der Waals surface area contributed by atoms with E-state index in [9.17, 15) is 0 Å². The Balaban J connectivity index is 0.000000305. The fraction of sp³-hybridized carbons (Fsp3) is 0.100. The molecular weight excluding hydrogens is 720 g/mol. The number of rotatable bonds is 4. The molecule has 0 aliphatic rings. The van der Waals surface area contributed by atoms with Crippen molar-refractivity contribution >= 4 is 22.1 Å². The summed E-state index contributed by atoms with van der Waals surface area (Å²) in [6.07, 6.45) is 6.38. The summed E-state index contributed by atoms with van der Waals surface area (Å²) in [5.41, 5.74) is 4.06. The predicted octanol–water partition coefficient (Wildman–Crippen LogP) is 1.92. The van der Waals surface area contributed by atoms with Crippen LogP contribution in [0.2, 0.25) is 0 Å². The van der Waals surface area contributed by atoms with E-state index in [1.807, 2.05) is 48.5 Å². The van der Waals surface area contributed by atoms with E-state index in [0.717, 1.165) is 33.7 Å². The number of nitrogens with zero attached hydrogens (tertiary/aromatic N) is 10. The minimum absolute atomic E-state index is 0. The second-order valence-electron chi connectivity index (χ2n) is 7.03. The van der Waals surface area contributed by atoms with Gasteiger partial charge in [0, 0.05) is 0 Å². The first-order chi connectivity index (χ1) is 18.3. The molecule has 0 spiro atoms. The average Bonchev–Trinajstić information content (AvgIpc) is 3.66. The molecule has 0 saturated carbocycles. The molecule has 0 bridgehead atoms. The van der Waals surface area contributed by atoms with Crippen LogP contribution in [0.25, 0.3) is 22.1 Å². The smallest absolute Gasteiger partial charge is 0.356 e. The van der Waals surface area contributed by atoms with Crippen LogP contribution in [0.3, 0.4) is 0 Å². The van der Waals surface area contributed by atoms with Crippen LogP contribution >= 0.6 is 0 Å². The Kier molecular flexibility index (Phi) is 14.4. The van der Waals surface area contributed by atoms with Crippen LogP contribution in [-0.4, -0.2) is 59.6 Å². The number of fused-ring (bicyclic) bond motifs is 2. The number of hydrogen-bond donors (Lipinski definition) is 2. The number of nitrogens with one attached hydrogen (secondary N) is 2. The van der Waals surface area contributed by atoms with Gasteiger partial charge in [0.1, 0.15) is 50.0 Å². The predicted molar refractivity (Wildman–Crippen MR) is 131 cm³/mol. The molecule has 2 aromatic carbocycles. The molecule has 6 aromatic rings. The van der Waals surface area contributed by atoms with Crippen molar-refractivity contribution in [3.05, 3.63) is 116 Å². The minimum Gasteiger partial charge on any atom is -0.356 e. The van der Waals surface area contributed by atoms with E-state index in [2.05, 4.69) is 40.1 Å². The molecule has 0 aliphatic heterocycles. The summed E-state index contributed by atoms with van der Waals surface area (Å²) in [5.74, 6) is 1.78. The quantitative estimate of drug-likeness (QED) is 0.150. The van der Waals surface area contributed by atoms with Crippen molar-refractivity contribution in [2.45, 2.75) is 13.1 Å². The van der Waals surface area contributed by atoms with E-state index in [1.165, 1.54) is 12.7 Å². The Hall–Kier alpha value is -4.46. The zero-order valence-corrected chi connectivity index (χ0v) is 22.8. The molecule has 40 heavy (non-hydrogen) atoms. The summed E-state index contributed by atoms with van der Waals surface area (Å²) in [6, 6.07) is 15.9. The van der Waals surface area contributed by atoms with Crippen LogP contribution in [0.5, 0.6) is 0 Å². The summed E-state index contributed by atoms with van der Waals surface area (Å²) < 4.78 is 3.47. The maximum Gasteiger partial charge on any atom is 1.00 e. The SMILES string of the molecule is O=[N+]([O-])[O-].O=[N+]([O-])[O-].[Ag+].[Ag+].c1ccc2[nH]c(Cn3cncn3)nc2c1.c1ccc2[nH]c(Cn3cncn3)nc2c1. The van der Waals surface area contributed by atoms with Crippen molar-refractivity contribution < 1.29 is 54.9 Å². The van der Waals surface area contributed by atoms with Gasteiger partial charge in [0.2, 0.25) is 0 Å². The third-order valence-corrected chi connectivity index (χ3v) is 4.43. The number of H-pyrrole nitrogens is 2. The van der Waals surface area contributed by atoms with Crippen molar-refractivity contribution in [3.63, 3.8) is 0 Å². The second-order valence-corrected chi connectivity index (χ2v) is 7.03. The number of hydrogen-bond acceptors (Lipinski definition) is 12. The van der Waals surface area contributed by atoms with Crippen LogP contribution in [0.4, 0.5) is 0 Å². The Morgan fingerprint density at radius 1 is 0.650 bits per heavy atom. The Bertz CT molecular complexity index is 1380. The van der Waals surface area contributed by atoms with Crippen molar-refractivity contribution in [3.8, 4) is 0 Å². The molecule has 2 N–H and O–H groups in total. The van der Waals surface area contributed by atoms with E-state index in [0.29, 0.717) is 13.1 Å². The maximum atomic E-state index is 8.25. The van der Waals surface area contributed by atoms with Gasteiger partial charge in [0.25, 0.3) is 0 Å². The van der Waals surface area contributed by atoms with Crippen molar-refractivity contribution in [1.29, 1.82) is 0 Å². The molecular formula is C20H18Ag2N12O6. The van der Waals surface area contributed by atoms with Crippen molar-refractivity contribution in [1.82, 2.24) is 49.5 Å². The zero-order valence-electron chi connectivity index (χ0n) is 19.9. The number of aromatic amines is 2. The van der Waals surface area contributed by atoms with E-state index in [-0.39, 0.29) is 44.8 Å². The molecule has 6 rings (SSSR count). The van der Waals surface area contributed by atoms with Gasteiger partial charge in [-0.1, -0.05) is 24.3 Å². The molecule has 0 radical (unpaired) electrons. The standard InChI is InChI=1S/2C10H9N5.2Ag.2NO3/c2*1-2-4-9-8(3-1)13-10(14-9)5-15-7-11-6-12-15;;;2*2-1(3)4/h2*1-4,6-7H,5H2,(H,13,14);;;;/q;;2*+1;2*-1. The maximum absolute atomic E-state index is 8.25. The fourth-order valence-corrected chi connectivity index (χ4v) is 3.10. The van der Waals surface area contributed by atoms with Crippen molar-refractivity contribution in [2.24, 2.45) is 0 Å². The van der Waals surface area contributed by atoms with E-state index in [1.54, 1.807) is 22.0 Å². The van der Waals surface area contributed by atoms with Gasteiger partial charge in [0.15, 0.2) is 0 Å². The molecule has 0 unspecified atom stereocenters. The monoisotopic (exact) mass is 736 g/mol. The van der Waals surface area contributed by atoms with Crippen molar-refractivity contribution in [2.75, 3.05) is 0 Å². The van der Waals surface area contributed by atoms with Crippen LogP contribution in [0.1, 0.15) is 11.6 Å². The van der Waals surface area contributed by atoms with Gasteiger partial charge in [-0.2, -0.15) is 10.2 Å². The summed E-state index contributed by atoms with van der Waals surface area (Å²) in [5, 5.41) is 37.6. The normalized spacial score (nSPS) is 9.40. The molecule has 20 heteroatoms. The molecule has 18 nitrogen and oxygen atoms in total. The van der Waals surface area contributed by atoms with Gasteiger partial charge in [0.05, 0.1) is 32.2 Å². The Morgan fingerprint density at radius 2 is 1.00 bits per heavy atom. The zero-order chi connectivity index (χ0) is 27.3. The minimum atomic E-state index is -1.75. The van der Waals surface area contributed by atoms with Crippen LogP contribution in [0.15, 0.2) is 73.8 Å². The van der Waals surface area contributed by atoms with Crippen LogP contribution < -0.4 is 0 Å². The first kappa shape index (κ1) is 33.6. The van der Waals surface area contributed by atoms with Gasteiger partial charge in [-0.15, -0.1) is 0 Å². The molecule has 0 atom stereocenters. The number of para-hydroxylation sites is 4. The Morgan fingerprint density at radius 3 is 1.30 bits per heavy atom. The molecule has 0 aliphatic carbocycles. The first-order valence-corrected chi connectivity index (χ1v) is 10.4. The van der Waals surface area contributed by atoms with Gasteiger partial charge < -0.3 is 40.6 Å². The number of aromatic nitrogens is 10. The summed E-state index contributed by atoms with van der Waals surface area (Å²) in [7, 11) is 0. The summed E-state index contributed by atoms with van der Waals surface area (Å²) in [4.78, 5) is 39.6. The molecule has 0 fully saturated rings.